The first-order chi connectivity index (χ1) is 10.1. The summed E-state index contributed by atoms with van der Waals surface area (Å²) in [6.45, 7) is 4.07. The number of fused-ring (bicyclic) bond motifs is 1. The van der Waals surface area contributed by atoms with Crippen molar-refractivity contribution in [3.63, 3.8) is 0 Å². The molecule has 2 aromatic rings. The predicted molar refractivity (Wildman–Crippen MR) is 88.4 cm³/mol. The van der Waals surface area contributed by atoms with Crippen LogP contribution in [0.25, 0.3) is 0 Å². The van der Waals surface area contributed by atoms with E-state index in [9.17, 15) is 4.39 Å². The van der Waals surface area contributed by atoms with Crippen molar-refractivity contribution in [1.82, 2.24) is 0 Å². The number of hydrogen-bond donors (Lipinski definition) is 1. The largest absolute Gasteiger partial charge is 0.361 e. The van der Waals surface area contributed by atoms with E-state index < -0.39 is 0 Å². The van der Waals surface area contributed by atoms with Crippen molar-refractivity contribution in [1.29, 1.82) is 0 Å². The van der Waals surface area contributed by atoms with Crippen LogP contribution in [0.5, 0.6) is 0 Å². The molecule has 2 nitrogen and oxygen atoms in total. The molecule has 3 rings (SSSR count). The van der Waals surface area contributed by atoms with Gasteiger partial charge in [0.15, 0.2) is 0 Å². The van der Waals surface area contributed by atoms with Crippen LogP contribution in [0.4, 0.5) is 10.1 Å². The second kappa shape index (κ2) is 5.53. The molecule has 0 aliphatic carbocycles. The molecule has 4 heteroatoms. The molecule has 1 N–H and O–H groups in total. The summed E-state index contributed by atoms with van der Waals surface area (Å²) in [6.07, 6.45) is 0. The molecule has 0 spiro atoms. The van der Waals surface area contributed by atoms with Crippen molar-refractivity contribution >= 4 is 22.5 Å². The van der Waals surface area contributed by atoms with E-state index in [0.717, 1.165) is 16.3 Å². The summed E-state index contributed by atoms with van der Waals surface area (Å²) >= 11 is 1.58. The summed E-state index contributed by atoms with van der Waals surface area (Å²) in [5, 5.41) is 4.36. The fourth-order valence-corrected chi connectivity index (χ4v) is 3.47. The van der Waals surface area contributed by atoms with Crippen LogP contribution in [-0.2, 0) is 5.75 Å². The summed E-state index contributed by atoms with van der Waals surface area (Å²) < 4.78 is 13.7. The van der Waals surface area contributed by atoms with E-state index in [1.807, 2.05) is 44.2 Å². The Hall–Kier alpha value is -1.81. The highest BCUT2D eigenvalue weighted by Crippen LogP contribution is 2.32. The predicted octanol–water partition coefficient (Wildman–Crippen LogP) is 4.67. The molecule has 0 fully saturated rings. The van der Waals surface area contributed by atoms with Crippen LogP contribution in [0.2, 0.25) is 0 Å². The first-order valence-electron chi connectivity index (χ1n) is 6.89. The minimum atomic E-state index is -0.341. The normalized spacial score (nSPS) is 15.9. The van der Waals surface area contributed by atoms with Crippen molar-refractivity contribution in [2.45, 2.75) is 25.3 Å². The highest BCUT2D eigenvalue weighted by Gasteiger charge is 2.25. The maximum absolute atomic E-state index is 13.7. The Kier molecular flexibility index (Phi) is 3.72. The first-order valence-corrected chi connectivity index (χ1v) is 7.87. The molecular weight excluding hydrogens is 283 g/mol. The van der Waals surface area contributed by atoms with Gasteiger partial charge in [0.25, 0.3) is 0 Å². The van der Waals surface area contributed by atoms with E-state index in [-0.39, 0.29) is 11.5 Å². The van der Waals surface area contributed by atoms with E-state index in [2.05, 4.69) is 11.4 Å². The minimum absolute atomic E-state index is 0.160. The third-order valence-corrected chi connectivity index (χ3v) is 4.34. The number of para-hydroxylation sites is 1. The molecule has 0 amide bonds. The van der Waals surface area contributed by atoms with Crippen LogP contribution in [0, 0.1) is 5.82 Å². The molecule has 2 aromatic carbocycles. The average Bonchev–Trinajstić information content (AvgIpc) is 2.45. The van der Waals surface area contributed by atoms with Crippen LogP contribution < -0.4 is 5.32 Å². The van der Waals surface area contributed by atoms with Gasteiger partial charge >= 0.3 is 0 Å². The van der Waals surface area contributed by atoms with Gasteiger partial charge in [0.1, 0.15) is 16.5 Å². The van der Waals surface area contributed by atoms with Crippen molar-refractivity contribution in [3.05, 3.63) is 65.5 Å². The lowest BCUT2D eigenvalue weighted by Crippen LogP contribution is -2.33. The van der Waals surface area contributed by atoms with Gasteiger partial charge in [-0.3, -0.25) is 4.99 Å². The maximum atomic E-state index is 13.7. The minimum Gasteiger partial charge on any atom is -0.361 e. The lowest BCUT2D eigenvalue weighted by atomic mass is 10.1. The topological polar surface area (TPSA) is 24.4 Å². The molecule has 0 saturated heterocycles. The molecule has 0 radical (unpaired) electrons. The summed E-state index contributed by atoms with van der Waals surface area (Å²) in [5.74, 6) is 0.419. The second-order valence-corrected chi connectivity index (χ2v) is 6.49. The van der Waals surface area contributed by atoms with Gasteiger partial charge in [0.05, 0.1) is 0 Å². The molecule has 1 aliphatic rings. The number of anilines is 1. The lowest BCUT2D eigenvalue weighted by molar-refractivity contribution is 0.599. The van der Waals surface area contributed by atoms with Gasteiger partial charge in [0.2, 0.25) is 0 Å². The molecule has 0 aromatic heterocycles. The Morgan fingerprint density at radius 3 is 2.62 bits per heavy atom. The van der Waals surface area contributed by atoms with Gasteiger partial charge in [-0.1, -0.05) is 36.4 Å². The summed E-state index contributed by atoms with van der Waals surface area (Å²) in [6, 6.07) is 15.0. The van der Waals surface area contributed by atoms with Gasteiger partial charge in [-0.25, -0.2) is 4.39 Å². The molecule has 0 bridgehead atoms. The summed E-state index contributed by atoms with van der Waals surface area (Å²) in [7, 11) is 0. The fraction of sp³-hybridized carbons (Fsp3) is 0.235. The Balaban J connectivity index is 1.87. The van der Waals surface area contributed by atoms with Crippen molar-refractivity contribution in [2.24, 2.45) is 4.99 Å². The number of halogens is 1. The smallest absolute Gasteiger partial charge is 0.127 e. The van der Waals surface area contributed by atoms with Crippen LogP contribution in [0.3, 0.4) is 0 Å². The third-order valence-electron chi connectivity index (χ3n) is 3.30. The zero-order chi connectivity index (χ0) is 14.9. The zero-order valence-corrected chi connectivity index (χ0v) is 12.9. The second-order valence-electron chi connectivity index (χ2n) is 5.53. The lowest BCUT2D eigenvalue weighted by Gasteiger charge is -2.31. The Bertz CT molecular complexity index is 695. The first kappa shape index (κ1) is 14.1. The number of rotatable bonds is 2. The number of thioether (sulfide) groups is 1. The molecule has 0 atom stereocenters. The number of aliphatic imine (C=N–C) groups is 1. The number of benzene rings is 2. The van der Waals surface area contributed by atoms with E-state index in [0.29, 0.717) is 11.3 Å². The van der Waals surface area contributed by atoms with Crippen LogP contribution >= 0.6 is 11.8 Å². The summed E-state index contributed by atoms with van der Waals surface area (Å²) in [5.41, 5.74) is 2.53. The van der Waals surface area contributed by atoms with Crippen LogP contribution in [0.1, 0.15) is 25.0 Å². The highest BCUT2D eigenvalue weighted by molar-refractivity contribution is 8.13. The van der Waals surface area contributed by atoms with Crippen molar-refractivity contribution in [2.75, 3.05) is 5.32 Å². The quantitative estimate of drug-likeness (QED) is 0.871. The third kappa shape index (κ3) is 3.10. The summed E-state index contributed by atoms with van der Waals surface area (Å²) in [4.78, 5) is 4.75. The Labute approximate surface area is 128 Å². The number of hydrogen-bond acceptors (Lipinski definition) is 3. The molecule has 0 unspecified atom stereocenters. The van der Waals surface area contributed by atoms with Crippen LogP contribution in [-0.4, -0.2) is 10.7 Å². The van der Waals surface area contributed by atoms with E-state index in [1.165, 1.54) is 6.07 Å². The van der Waals surface area contributed by atoms with E-state index in [4.69, 9.17) is 4.99 Å². The zero-order valence-electron chi connectivity index (χ0n) is 12.1. The monoisotopic (exact) mass is 300 g/mol. The number of nitrogens with one attached hydrogen (secondary N) is 1. The molecular formula is C17H17FN2S. The Morgan fingerprint density at radius 1 is 1.10 bits per heavy atom. The molecule has 0 saturated carbocycles. The maximum Gasteiger partial charge on any atom is 0.127 e. The van der Waals surface area contributed by atoms with Crippen LogP contribution in [0.15, 0.2) is 53.5 Å². The van der Waals surface area contributed by atoms with Gasteiger partial charge in [-0.05, 0) is 31.5 Å². The number of nitrogens with zero attached hydrogens (tertiary/aromatic N) is 1. The van der Waals surface area contributed by atoms with Crippen molar-refractivity contribution in [3.8, 4) is 0 Å². The standard InChI is InChI=1S/C17H17FN2S/c1-17(2)19-15-10-6-4-8-13(15)16(20-17)21-11-12-7-3-5-9-14(12)18/h3-10,19H,11H2,1-2H3. The average molecular weight is 300 g/mol. The highest BCUT2D eigenvalue weighted by atomic mass is 32.2. The van der Waals surface area contributed by atoms with Crippen molar-refractivity contribution < 1.29 is 4.39 Å². The molecule has 1 heterocycles. The van der Waals surface area contributed by atoms with Gasteiger partial charge in [-0.15, -0.1) is 11.8 Å². The SMILES string of the molecule is CC1(C)N=C(SCc2ccccc2F)c2ccccc2N1. The Morgan fingerprint density at radius 2 is 1.81 bits per heavy atom. The van der Waals surface area contributed by atoms with E-state index >= 15 is 0 Å². The fourth-order valence-electron chi connectivity index (χ4n) is 2.32. The van der Waals surface area contributed by atoms with Gasteiger partial charge in [0, 0.05) is 17.0 Å². The molecule has 1 aliphatic heterocycles. The van der Waals surface area contributed by atoms with Gasteiger partial charge < -0.3 is 5.32 Å². The molecule has 21 heavy (non-hydrogen) atoms. The molecule has 108 valence electrons. The van der Waals surface area contributed by atoms with Gasteiger partial charge in [-0.2, -0.15) is 0 Å². The van der Waals surface area contributed by atoms with E-state index in [1.54, 1.807) is 17.8 Å².